The van der Waals surface area contributed by atoms with Crippen LogP contribution in [0.5, 0.6) is 17.2 Å². The number of aromatic nitrogens is 2. The number of fused-ring (bicyclic) bond motifs is 1. The summed E-state index contributed by atoms with van der Waals surface area (Å²) in [5.41, 5.74) is 1.63. The zero-order chi connectivity index (χ0) is 28.6. The summed E-state index contributed by atoms with van der Waals surface area (Å²) in [4.78, 5) is 23.5. The normalized spacial score (nSPS) is 18.0. The molecule has 3 aromatic rings. The van der Waals surface area contributed by atoms with E-state index in [4.69, 9.17) is 14.2 Å². The molecule has 41 heavy (non-hydrogen) atoms. The lowest BCUT2D eigenvalue weighted by Crippen LogP contribution is -2.54. The Bertz CT molecular complexity index is 1270. The van der Waals surface area contributed by atoms with Crippen LogP contribution in [-0.2, 0) is 4.79 Å². The second kappa shape index (κ2) is 13.8. The van der Waals surface area contributed by atoms with Gasteiger partial charge in [0, 0.05) is 37.6 Å². The highest BCUT2D eigenvalue weighted by Crippen LogP contribution is 2.35. The van der Waals surface area contributed by atoms with Gasteiger partial charge in [0.2, 0.25) is 6.41 Å². The average molecular weight is 563 g/mol. The van der Waals surface area contributed by atoms with Gasteiger partial charge in [0.1, 0.15) is 17.9 Å². The summed E-state index contributed by atoms with van der Waals surface area (Å²) in [6.45, 7) is 9.65. The molecule has 1 amide bonds. The Kier molecular flexibility index (Phi) is 9.74. The van der Waals surface area contributed by atoms with Crippen LogP contribution in [0.4, 0.5) is 11.5 Å². The van der Waals surface area contributed by atoms with Gasteiger partial charge in [-0.1, -0.05) is 0 Å². The number of ether oxygens (including phenoxy) is 3. The first-order chi connectivity index (χ1) is 20.1. The monoisotopic (exact) mass is 562 g/mol. The first-order valence-corrected chi connectivity index (χ1v) is 14.7. The number of anilines is 2. The minimum atomic E-state index is 0.0990. The minimum absolute atomic E-state index is 0.0990. The quantitative estimate of drug-likeness (QED) is 0.256. The summed E-state index contributed by atoms with van der Waals surface area (Å²) in [6.07, 6.45) is 7.32. The molecular formula is C31H42N6O4. The number of piperazine rings is 1. The Balaban J connectivity index is 1.23. The lowest BCUT2D eigenvalue weighted by atomic mass is 9.95. The number of carbonyl (C=O) groups is 1. The number of hydrogen-bond donors (Lipinski definition) is 1. The number of methoxy groups -OCH3 is 1. The van der Waals surface area contributed by atoms with Gasteiger partial charge in [-0.3, -0.25) is 4.79 Å². The zero-order valence-electron chi connectivity index (χ0n) is 24.4. The Morgan fingerprint density at radius 2 is 1.90 bits per heavy atom. The van der Waals surface area contributed by atoms with Crippen LogP contribution in [0.1, 0.15) is 39.5 Å². The molecule has 1 unspecified atom stereocenters. The van der Waals surface area contributed by atoms with Gasteiger partial charge in [-0.25, -0.2) is 20.0 Å². The highest BCUT2D eigenvalue weighted by atomic mass is 16.5. The molecule has 0 bridgehead atoms. The van der Waals surface area contributed by atoms with Crippen LogP contribution < -0.4 is 29.4 Å². The van der Waals surface area contributed by atoms with Gasteiger partial charge in [-0.05, 0) is 88.9 Å². The lowest BCUT2D eigenvalue weighted by molar-refractivity contribution is -0.110. The van der Waals surface area contributed by atoms with E-state index in [-0.39, 0.29) is 6.10 Å². The molecule has 0 spiro atoms. The van der Waals surface area contributed by atoms with Crippen molar-refractivity contribution in [3.63, 3.8) is 0 Å². The Morgan fingerprint density at radius 1 is 1.10 bits per heavy atom. The van der Waals surface area contributed by atoms with Crippen molar-refractivity contribution in [1.82, 2.24) is 20.3 Å². The van der Waals surface area contributed by atoms with Crippen molar-refractivity contribution < 1.29 is 19.0 Å². The predicted octanol–water partition coefficient (Wildman–Crippen LogP) is 4.28. The van der Waals surface area contributed by atoms with E-state index in [1.165, 1.54) is 19.3 Å². The van der Waals surface area contributed by atoms with E-state index in [0.717, 1.165) is 60.0 Å². The van der Waals surface area contributed by atoms with E-state index in [0.29, 0.717) is 44.3 Å². The molecule has 2 saturated heterocycles. The molecule has 0 saturated carbocycles. The summed E-state index contributed by atoms with van der Waals surface area (Å²) in [5.74, 6) is 3.78. The van der Waals surface area contributed by atoms with E-state index >= 15 is 0 Å². The smallest absolute Gasteiger partial charge is 0.228 e. The molecule has 220 valence electrons. The molecule has 2 aliphatic heterocycles. The van der Waals surface area contributed by atoms with Crippen LogP contribution in [0.3, 0.4) is 0 Å². The minimum Gasteiger partial charge on any atom is -0.493 e. The Morgan fingerprint density at radius 3 is 2.59 bits per heavy atom. The van der Waals surface area contributed by atoms with Crippen LogP contribution in [-0.4, -0.2) is 80.5 Å². The Hall–Kier alpha value is -3.63. The number of nitrogens with one attached hydrogen (secondary N) is 1. The maximum absolute atomic E-state index is 12.1. The van der Waals surface area contributed by atoms with Crippen molar-refractivity contribution in [3.8, 4) is 17.2 Å². The third-order valence-electron chi connectivity index (χ3n) is 7.75. The molecule has 0 radical (unpaired) electrons. The predicted molar refractivity (Wildman–Crippen MR) is 161 cm³/mol. The highest BCUT2D eigenvalue weighted by Gasteiger charge is 2.25. The van der Waals surface area contributed by atoms with Crippen molar-refractivity contribution in [1.29, 1.82) is 0 Å². The fraction of sp³-hybridized carbons (Fsp3) is 0.516. The van der Waals surface area contributed by atoms with Gasteiger partial charge < -0.3 is 24.4 Å². The standard InChI is InChI=1S/C31H42N6O4/c1-23(2)41-26-10-8-25(9-11-26)37(22-38)36-15-13-35(14-16-36)31-27-18-29(39-3)30(19-28(27)33-21-34-31)40-17-5-7-24-6-4-12-32-20-24/h8-11,18-19,21-24,32H,4-7,12-17,20H2,1-3H3. The number of hydrogen-bond acceptors (Lipinski definition) is 9. The molecule has 1 aromatic heterocycles. The van der Waals surface area contributed by atoms with Gasteiger partial charge in [0.15, 0.2) is 11.5 Å². The average Bonchev–Trinajstić information content (AvgIpc) is 3.00. The summed E-state index contributed by atoms with van der Waals surface area (Å²) < 4.78 is 17.6. The second-order valence-corrected chi connectivity index (χ2v) is 11.0. The molecule has 0 aliphatic carbocycles. The highest BCUT2D eigenvalue weighted by molar-refractivity contribution is 5.92. The molecular weight excluding hydrogens is 520 g/mol. The number of benzene rings is 2. The lowest BCUT2D eigenvalue weighted by Gasteiger charge is -2.40. The van der Waals surface area contributed by atoms with Gasteiger partial charge in [-0.15, -0.1) is 0 Å². The number of amides is 1. The molecule has 2 aromatic carbocycles. The van der Waals surface area contributed by atoms with E-state index in [9.17, 15) is 4.79 Å². The van der Waals surface area contributed by atoms with E-state index in [1.807, 2.05) is 50.2 Å². The van der Waals surface area contributed by atoms with Crippen molar-refractivity contribution in [2.24, 2.45) is 5.92 Å². The van der Waals surface area contributed by atoms with E-state index < -0.39 is 0 Å². The van der Waals surface area contributed by atoms with Gasteiger partial charge in [0.25, 0.3) is 0 Å². The van der Waals surface area contributed by atoms with Gasteiger partial charge in [-0.2, -0.15) is 0 Å². The molecule has 1 N–H and O–H groups in total. The molecule has 3 heterocycles. The topological polar surface area (TPSA) is 92.3 Å². The number of rotatable bonds is 12. The van der Waals surface area contributed by atoms with Crippen LogP contribution in [0.2, 0.25) is 0 Å². The van der Waals surface area contributed by atoms with Gasteiger partial charge in [0.05, 0.1) is 31.0 Å². The van der Waals surface area contributed by atoms with Gasteiger partial charge >= 0.3 is 0 Å². The summed E-state index contributed by atoms with van der Waals surface area (Å²) >= 11 is 0. The fourth-order valence-electron chi connectivity index (χ4n) is 5.66. The summed E-state index contributed by atoms with van der Waals surface area (Å²) in [6, 6.07) is 11.6. The van der Waals surface area contributed by atoms with Crippen molar-refractivity contribution in [2.75, 3.05) is 62.9 Å². The number of nitrogens with zero attached hydrogens (tertiary/aromatic N) is 5. The maximum Gasteiger partial charge on any atom is 0.228 e. The summed E-state index contributed by atoms with van der Waals surface area (Å²) in [7, 11) is 1.67. The van der Waals surface area contributed by atoms with Crippen LogP contribution in [0.25, 0.3) is 10.9 Å². The summed E-state index contributed by atoms with van der Waals surface area (Å²) in [5, 5.41) is 8.14. The zero-order valence-corrected chi connectivity index (χ0v) is 24.4. The Labute approximate surface area is 242 Å². The van der Waals surface area contributed by atoms with Crippen molar-refractivity contribution in [3.05, 3.63) is 42.7 Å². The first kappa shape index (κ1) is 28.9. The van der Waals surface area contributed by atoms with Crippen LogP contribution >= 0.6 is 0 Å². The SMILES string of the molecule is COc1cc2c(N3CCN(N(C=O)c4ccc(OC(C)C)cc4)CC3)ncnc2cc1OCCCC1CCCNC1. The maximum atomic E-state index is 12.1. The van der Waals surface area contributed by atoms with Crippen LogP contribution in [0, 0.1) is 5.92 Å². The van der Waals surface area contributed by atoms with E-state index in [1.54, 1.807) is 18.4 Å². The number of hydrazine groups is 1. The van der Waals surface area contributed by atoms with Crippen molar-refractivity contribution in [2.45, 2.75) is 45.6 Å². The molecule has 5 rings (SSSR count). The molecule has 2 fully saturated rings. The largest absolute Gasteiger partial charge is 0.493 e. The fourth-order valence-corrected chi connectivity index (χ4v) is 5.66. The second-order valence-electron chi connectivity index (χ2n) is 11.0. The van der Waals surface area contributed by atoms with E-state index in [2.05, 4.69) is 25.2 Å². The molecule has 10 heteroatoms. The molecule has 1 atom stereocenters. The third kappa shape index (κ3) is 7.18. The first-order valence-electron chi connectivity index (χ1n) is 14.7. The molecule has 2 aliphatic rings. The molecule has 10 nitrogen and oxygen atoms in total. The van der Waals surface area contributed by atoms with Crippen molar-refractivity contribution >= 4 is 28.8 Å². The third-order valence-corrected chi connectivity index (χ3v) is 7.75. The van der Waals surface area contributed by atoms with Crippen LogP contribution in [0.15, 0.2) is 42.7 Å². The number of piperidine rings is 1. The number of carbonyl (C=O) groups excluding carboxylic acids is 1.